The molecule has 0 N–H and O–H groups in total. The molecule has 0 saturated carbocycles. The third-order valence-corrected chi connectivity index (χ3v) is 5.53. The van der Waals surface area contributed by atoms with Crippen molar-refractivity contribution >= 4 is 11.8 Å². The van der Waals surface area contributed by atoms with E-state index < -0.39 is 0 Å². The van der Waals surface area contributed by atoms with Gasteiger partial charge in [-0.05, 0) is 42.8 Å². The number of nitrogens with zero attached hydrogens (tertiary/aromatic N) is 4. The zero-order chi connectivity index (χ0) is 19.3. The monoisotopic (exact) mass is 392 g/mol. The van der Waals surface area contributed by atoms with Crippen LogP contribution >= 0.6 is 11.8 Å². The van der Waals surface area contributed by atoms with E-state index in [1.54, 1.807) is 11.8 Å². The normalized spacial score (nSPS) is 13.0. The summed E-state index contributed by atoms with van der Waals surface area (Å²) in [6.07, 6.45) is 0.880. The lowest BCUT2D eigenvalue weighted by Crippen LogP contribution is -2.00. The van der Waals surface area contributed by atoms with E-state index in [1.165, 1.54) is 0 Å². The van der Waals surface area contributed by atoms with Crippen LogP contribution in [0.2, 0.25) is 0 Å². The Balaban J connectivity index is 1.55. The SMILES string of the molecule is CCn1c(SCc2ccc(C#N)cc2)nnc1-c1ccc2c(c1)OCCCO2. The van der Waals surface area contributed by atoms with Gasteiger partial charge in [0.05, 0.1) is 24.8 Å². The number of nitriles is 1. The van der Waals surface area contributed by atoms with E-state index in [4.69, 9.17) is 14.7 Å². The molecule has 0 radical (unpaired) electrons. The molecule has 0 spiro atoms. The second-order valence-electron chi connectivity index (χ2n) is 6.36. The summed E-state index contributed by atoms with van der Waals surface area (Å²) in [6.45, 7) is 4.18. The van der Waals surface area contributed by atoms with Crippen LogP contribution in [0.3, 0.4) is 0 Å². The average Bonchev–Trinajstić information content (AvgIpc) is 3.01. The Morgan fingerprint density at radius 3 is 2.61 bits per heavy atom. The Kier molecular flexibility index (Phi) is 5.49. The van der Waals surface area contributed by atoms with Gasteiger partial charge < -0.3 is 14.0 Å². The van der Waals surface area contributed by atoms with Gasteiger partial charge in [0.2, 0.25) is 0 Å². The van der Waals surface area contributed by atoms with Crippen LogP contribution in [0.15, 0.2) is 47.6 Å². The van der Waals surface area contributed by atoms with Crippen molar-refractivity contribution in [1.29, 1.82) is 5.26 Å². The minimum Gasteiger partial charge on any atom is -0.490 e. The largest absolute Gasteiger partial charge is 0.490 e. The van der Waals surface area contributed by atoms with Crippen molar-refractivity contribution in [3.63, 3.8) is 0 Å². The first kappa shape index (κ1) is 18.4. The molecular weight excluding hydrogens is 372 g/mol. The van der Waals surface area contributed by atoms with E-state index in [9.17, 15) is 0 Å². The number of rotatable bonds is 5. The summed E-state index contributed by atoms with van der Waals surface area (Å²) in [5.41, 5.74) is 2.78. The maximum absolute atomic E-state index is 8.91. The fourth-order valence-corrected chi connectivity index (χ4v) is 3.98. The van der Waals surface area contributed by atoms with Crippen LogP contribution in [0.4, 0.5) is 0 Å². The molecule has 1 aromatic heterocycles. The van der Waals surface area contributed by atoms with Crippen molar-refractivity contribution in [2.45, 2.75) is 30.8 Å². The number of benzene rings is 2. The fourth-order valence-electron chi connectivity index (χ4n) is 3.02. The number of fused-ring (bicyclic) bond motifs is 1. The molecule has 1 aliphatic heterocycles. The minimum atomic E-state index is 0.655. The van der Waals surface area contributed by atoms with Crippen molar-refractivity contribution in [2.24, 2.45) is 0 Å². The summed E-state index contributed by atoms with van der Waals surface area (Å²) < 4.78 is 13.6. The number of thioether (sulfide) groups is 1. The Bertz CT molecular complexity index is 1010. The van der Waals surface area contributed by atoms with Crippen LogP contribution in [-0.4, -0.2) is 28.0 Å². The van der Waals surface area contributed by atoms with Gasteiger partial charge in [0.1, 0.15) is 0 Å². The van der Waals surface area contributed by atoms with Crippen LogP contribution in [-0.2, 0) is 12.3 Å². The lowest BCUT2D eigenvalue weighted by molar-refractivity contribution is 0.297. The number of hydrogen-bond donors (Lipinski definition) is 0. The van der Waals surface area contributed by atoms with Gasteiger partial charge in [-0.15, -0.1) is 10.2 Å². The van der Waals surface area contributed by atoms with Crippen molar-refractivity contribution in [3.05, 3.63) is 53.6 Å². The van der Waals surface area contributed by atoms with E-state index in [2.05, 4.69) is 27.8 Å². The standard InChI is InChI=1S/C21H20N4O2S/c1-2-25-20(17-8-9-18-19(12-17)27-11-3-10-26-18)23-24-21(25)28-14-16-6-4-15(13-22)5-7-16/h4-9,12H,2-3,10-11,14H2,1H3. The van der Waals surface area contributed by atoms with Crippen LogP contribution in [0.25, 0.3) is 11.4 Å². The molecule has 3 aromatic rings. The molecule has 2 aromatic carbocycles. The van der Waals surface area contributed by atoms with Crippen molar-refractivity contribution < 1.29 is 9.47 Å². The van der Waals surface area contributed by atoms with E-state index >= 15 is 0 Å². The van der Waals surface area contributed by atoms with Gasteiger partial charge in [-0.25, -0.2) is 0 Å². The van der Waals surface area contributed by atoms with Gasteiger partial charge in [0.15, 0.2) is 22.5 Å². The van der Waals surface area contributed by atoms with Gasteiger partial charge >= 0.3 is 0 Å². The molecule has 0 atom stereocenters. The summed E-state index contributed by atoms with van der Waals surface area (Å²) in [4.78, 5) is 0. The summed E-state index contributed by atoms with van der Waals surface area (Å²) in [5, 5.41) is 18.6. The van der Waals surface area contributed by atoms with Crippen molar-refractivity contribution in [3.8, 4) is 29.0 Å². The molecular formula is C21H20N4O2S. The van der Waals surface area contributed by atoms with Crippen molar-refractivity contribution in [2.75, 3.05) is 13.2 Å². The maximum Gasteiger partial charge on any atom is 0.191 e. The molecule has 7 heteroatoms. The molecule has 1 aliphatic rings. The summed E-state index contributed by atoms with van der Waals surface area (Å²) >= 11 is 1.64. The Morgan fingerprint density at radius 2 is 1.86 bits per heavy atom. The van der Waals surface area contributed by atoms with Crippen LogP contribution in [0, 0.1) is 11.3 Å². The smallest absolute Gasteiger partial charge is 0.191 e. The first-order valence-electron chi connectivity index (χ1n) is 9.23. The van der Waals surface area contributed by atoms with E-state index in [0.29, 0.717) is 18.8 Å². The van der Waals surface area contributed by atoms with E-state index in [1.807, 2.05) is 42.5 Å². The number of ether oxygens (including phenoxy) is 2. The molecule has 0 aliphatic carbocycles. The Labute approximate surface area is 168 Å². The lowest BCUT2D eigenvalue weighted by Gasteiger charge is -2.11. The number of aromatic nitrogens is 3. The van der Waals surface area contributed by atoms with Crippen LogP contribution < -0.4 is 9.47 Å². The zero-order valence-electron chi connectivity index (χ0n) is 15.6. The highest BCUT2D eigenvalue weighted by Gasteiger charge is 2.17. The third kappa shape index (κ3) is 3.82. The highest BCUT2D eigenvalue weighted by Crippen LogP contribution is 2.35. The van der Waals surface area contributed by atoms with Crippen LogP contribution in [0.5, 0.6) is 11.5 Å². The van der Waals surface area contributed by atoms with Gasteiger partial charge in [-0.1, -0.05) is 23.9 Å². The Morgan fingerprint density at radius 1 is 1.07 bits per heavy atom. The van der Waals surface area contributed by atoms with Gasteiger partial charge in [0, 0.05) is 24.3 Å². The second kappa shape index (κ2) is 8.36. The minimum absolute atomic E-state index is 0.655. The zero-order valence-corrected chi connectivity index (χ0v) is 16.4. The molecule has 0 unspecified atom stereocenters. The van der Waals surface area contributed by atoms with Crippen molar-refractivity contribution in [1.82, 2.24) is 14.8 Å². The van der Waals surface area contributed by atoms with Gasteiger partial charge in [-0.3, -0.25) is 0 Å². The first-order valence-corrected chi connectivity index (χ1v) is 10.2. The molecule has 28 heavy (non-hydrogen) atoms. The molecule has 6 nitrogen and oxygen atoms in total. The Hall–Kier alpha value is -2.98. The summed E-state index contributed by atoms with van der Waals surface area (Å²) in [6, 6.07) is 15.7. The van der Waals surface area contributed by atoms with Gasteiger partial charge in [0.25, 0.3) is 0 Å². The quantitative estimate of drug-likeness (QED) is 0.603. The topological polar surface area (TPSA) is 73.0 Å². The summed E-state index contributed by atoms with van der Waals surface area (Å²) in [5.74, 6) is 3.12. The third-order valence-electron chi connectivity index (χ3n) is 4.49. The average molecular weight is 392 g/mol. The molecule has 2 heterocycles. The highest BCUT2D eigenvalue weighted by atomic mass is 32.2. The van der Waals surface area contributed by atoms with E-state index in [0.717, 1.165) is 52.3 Å². The molecule has 0 amide bonds. The predicted octanol–water partition coefficient (Wildman–Crippen LogP) is 4.29. The lowest BCUT2D eigenvalue weighted by atomic mass is 10.2. The maximum atomic E-state index is 8.91. The first-order chi connectivity index (χ1) is 13.8. The van der Waals surface area contributed by atoms with E-state index in [-0.39, 0.29) is 0 Å². The molecule has 0 saturated heterocycles. The molecule has 0 fully saturated rings. The second-order valence-corrected chi connectivity index (χ2v) is 7.30. The molecule has 4 rings (SSSR count). The van der Waals surface area contributed by atoms with Crippen LogP contribution in [0.1, 0.15) is 24.5 Å². The molecule has 0 bridgehead atoms. The molecule has 142 valence electrons. The highest BCUT2D eigenvalue weighted by molar-refractivity contribution is 7.98. The predicted molar refractivity (Wildman–Crippen MR) is 107 cm³/mol. The number of hydrogen-bond acceptors (Lipinski definition) is 6. The fraction of sp³-hybridized carbons (Fsp3) is 0.286. The van der Waals surface area contributed by atoms with Gasteiger partial charge in [-0.2, -0.15) is 5.26 Å². The summed E-state index contributed by atoms with van der Waals surface area (Å²) in [7, 11) is 0.